The lowest BCUT2D eigenvalue weighted by atomic mass is 10.1. The first kappa shape index (κ1) is 70.8. The minimum Gasteiger partial charge on any atom is -0.462 e. The maximum Gasteiger partial charge on any atom is 0.306 e. The number of esters is 3. The summed E-state index contributed by atoms with van der Waals surface area (Å²) in [7, 11) is 0. The fraction of sp³-hybridized carbons (Fsp3) is 0.667. The number of hydrogen-bond acceptors (Lipinski definition) is 6. The largest absolute Gasteiger partial charge is 0.462 e. The standard InChI is InChI=1S/C69H114O6/c1-4-7-10-13-16-19-22-25-28-31-34-37-40-43-46-49-52-55-58-61-67(70)73-64-66(75-69(72)63-60-57-54-51-48-45-42-39-36-33-30-27-24-21-18-15-12-9-6-3)65-74-68(71)62-59-56-53-50-47-44-41-38-35-32-29-26-23-20-17-14-11-8-5-2/h9,12,16,18-19,21,25-30,34,36-37,39,43,45-46,48,66H,4-8,10-11,13-15,17,20,22-24,31-33,35,38,40-42,44,47,49-65H2,1-3H3/b12-9-,19-16-,21-18-,28-25-,29-26-,30-27-,37-34-,39-36-,46-43-,48-45-/t66-/m1/s1. The van der Waals surface area contributed by atoms with E-state index in [1.165, 1.54) is 116 Å². The third-order valence-electron chi connectivity index (χ3n) is 12.9. The Kier molecular flexibility index (Phi) is 58.9. The zero-order valence-corrected chi connectivity index (χ0v) is 48.8. The number of ether oxygens (including phenoxy) is 3. The molecule has 0 aromatic heterocycles. The molecule has 6 heteroatoms. The minimum absolute atomic E-state index is 0.105. The second-order valence-electron chi connectivity index (χ2n) is 20.2. The molecule has 0 rings (SSSR count). The molecule has 0 fully saturated rings. The van der Waals surface area contributed by atoms with Gasteiger partial charge in [-0.3, -0.25) is 14.4 Å². The highest BCUT2D eigenvalue weighted by Gasteiger charge is 2.19. The average Bonchev–Trinajstić information content (AvgIpc) is 3.41. The van der Waals surface area contributed by atoms with Crippen LogP contribution in [-0.2, 0) is 28.6 Å². The van der Waals surface area contributed by atoms with Crippen molar-refractivity contribution >= 4 is 17.9 Å². The third-order valence-corrected chi connectivity index (χ3v) is 12.9. The van der Waals surface area contributed by atoms with Gasteiger partial charge < -0.3 is 14.2 Å². The number of carbonyl (C=O) groups excluding carboxylic acids is 3. The summed E-state index contributed by atoms with van der Waals surface area (Å²) in [6, 6.07) is 0. The molecule has 0 radical (unpaired) electrons. The molecule has 0 spiro atoms. The van der Waals surface area contributed by atoms with E-state index in [1.807, 2.05) is 0 Å². The van der Waals surface area contributed by atoms with E-state index in [1.54, 1.807) is 0 Å². The highest BCUT2D eigenvalue weighted by Crippen LogP contribution is 2.14. The average molecular weight is 1040 g/mol. The number of allylic oxidation sites excluding steroid dienone is 20. The zero-order valence-electron chi connectivity index (χ0n) is 48.8. The Balaban J connectivity index is 4.52. The Morgan fingerprint density at radius 2 is 0.520 bits per heavy atom. The maximum atomic E-state index is 12.9. The van der Waals surface area contributed by atoms with Crippen LogP contribution >= 0.6 is 0 Å². The summed E-state index contributed by atoms with van der Waals surface area (Å²) in [6.45, 7) is 6.45. The SMILES string of the molecule is CC/C=C\C/C=C\C/C=C\C/C=C\C/C=C\CCCCCC(=O)O[C@H](COC(=O)CCCCC/C=C\C/C=C\C/C=C\C/C=C\CCCCC)COC(=O)CCCCCCCCCCC/C=C\CCCCCCCC. The van der Waals surface area contributed by atoms with Crippen molar-refractivity contribution in [3.8, 4) is 0 Å². The molecule has 0 unspecified atom stereocenters. The fourth-order valence-electron chi connectivity index (χ4n) is 8.27. The topological polar surface area (TPSA) is 78.9 Å². The first-order chi connectivity index (χ1) is 37.0. The van der Waals surface area contributed by atoms with Crippen LogP contribution in [0.3, 0.4) is 0 Å². The van der Waals surface area contributed by atoms with Crippen LogP contribution in [0.5, 0.6) is 0 Å². The molecule has 0 bridgehead atoms. The Hall–Kier alpha value is -4.19. The Bertz CT molecular complexity index is 1570. The lowest BCUT2D eigenvalue weighted by molar-refractivity contribution is -0.167. The second kappa shape index (κ2) is 62.4. The van der Waals surface area contributed by atoms with Crippen molar-refractivity contribution in [1.82, 2.24) is 0 Å². The van der Waals surface area contributed by atoms with Gasteiger partial charge in [0.15, 0.2) is 6.10 Å². The summed E-state index contributed by atoms with van der Waals surface area (Å²) >= 11 is 0. The van der Waals surface area contributed by atoms with E-state index in [9.17, 15) is 14.4 Å². The number of carbonyl (C=O) groups is 3. The van der Waals surface area contributed by atoms with Crippen LogP contribution in [0.1, 0.15) is 278 Å². The molecule has 75 heavy (non-hydrogen) atoms. The molecule has 0 saturated heterocycles. The normalized spacial score (nSPS) is 12.9. The molecular formula is C69H114O6. The van der Waals surface area contributed by atoms with Crippen LogP contribution < -0.4 is 0 Å². The first-order valence-electron chi connectivity index (χ1n) is 31.0. The monoisotopic (exact) mass is 1040 g/mol. The molecule has 0 aliphatic carbocycles. The Morgan fingerprint density at radius 1 is 0.280 bits per heavy atom. The summed E-state index contributed by atoms with van der Waals surface area (Å²) in [5.74, 6) is -0.969. The third kappa shape index (κ3) is 60.6. The lowest BCUT2D eigenvalue weighted by Crippen LogP contribution is -2.30. The number of unbranched alkanes of at least 4 members (excludes halogenated alkanes) is 24. The van der Waals surface area contributed by atoms with E-state index in [-0.39, 0.29) is 37.5 Å². The summed E-state index contributed by atoms with van der Waals surface area (Å²) < 4.78 is 16.9. The van der Waals surface area contributed by atoms with Gasteiger partial charge in [0.25, 0.3) is 0 Å². The van der Waals surface area contributed by atoms with Gasteiger partial charge in [0.2, 0.25) is 0 Å². The predicted octanol–water partition coefficient (Wildman–Crippen LogP) is 21.2. The van der Waals surface area contributed by atoms with E-state index in [2.05, 4.69) is 142 Å². The molecule has 0 heterocycles. The smallest absolute Gasteiger partial charge is 0.306 e. The molecule has 426 valence electrons. The molecule has 0 aromatic carbocycles. The van der Waals surface area contributed by atoms with Crippen molar-refractivity contribution in [2.24, 2.45) is 0 Å². The van der Waals surface area contributed by atoms with Gasteiger partial charge in [-0.15, -0.1) is 0 Å². The van der Waals surface area contributed by atoms with Crippen LogP contribution in [0.25, 0.3) is 0 Å². The summed E-state index contributed by atoms with van der Waals surface area (Å²) in [4.78, 5) is 38.3. The first-order valence-corrected chi connectivity index (χ1v) is 31.0. The van der Waals surface area contributed by atoms with E-state index in [0.29, 0.717) is 19.3 Å². The number of rotatable bonds is 55. The second-order valence-corrected chi connectivity index (χ2v) is 20.2. The zero-order chi connectivity index (χ0) is 54.3. The molecule has 0 aliphatic rings. The highest BCUT2D eigenvalue weighted by molar-refractivity contribution is 5.71. The molecule has 0 N–H and O–H groups in total. The van der Waals surface area contributed by atoms with Gasteiger partial charge >= 0.3 is 17.9 Å². The lowest BCUT2D eigenvalue weighted by Gasteiger charge is -2.18. The van der Waals surface area contributed by atoms with Crippen LogP contribution in [0.2, 0.25) is 0 Å². The van der Waals surface area contributed by atoms with Crippen LogP contribution in [0.4, 0.5) is 0 Å². The molecule has 1 atom stereocenters. The van der Waals surface area contributed by atoms with E-state index in [4.69, 9.17) is 14.2 Å². The Labute approximate surface area is 462 Å². The molecule has 0 saturated carbocycles. The van der Waals surface area contributed by atoms with Crippen molar-refractivity contribution in [1.29, 1.82) is 0 Å². The van der Waals surface area contributed by atoms with Gasteiger partial charge in [0, 0.05) is 19.3 Å². The van der Waals surface area contributed by atoms with Gasteiger partial charge in [-0.1, -0.05) is 245 Å². The maximum absolute atomic E-state index is 12.9. The summed E-state index contributed by atoms with van der Waals surface area (Å²) in [5, 5.41) is 0. The van der Waals surface area contributed by atoms with Crippen molar-refractivity contribution in [3.63, 3.8) is 0 Å². The number of hydrogen-bond donors (Lipinski definition) is 0. The van der Waals surface area contributed by atoms with Gasteiger partial charge in [-0.05, 0) is 135 Å². The van der Waals surface area contributed by atoms with Gasteiger partial charge in [-0.2, -0.15) is 0 Å². The summed E-state index contributed by atoms with van der Waals surface area (Å²) in [6.07, 6.45) is 86.2. The van der Waals surface area contributed by atoms with Crippen molar-refractivity contribution in [2.45, 2.75) is 284 Å². The van der Waals surface area contributed by atoms with Crippen LogP contribution in [-0.4, -0.2) is 37.2 Å². The van der Waals surface area contributed by atoms with E-state index >= 15 is 0 Å². The van der Waals surface area contributed by atoms with Gasteiger partial charge in [0.1, 0.15) is 13.2 Å². The molecule has 6 nitrogen and oxygen atoms in total. The molecule has 0 aliphatic heterocycles. The molecule has 0 aromatic rings. The van der Waals surface area contributed by atoms with Crippen molar-refractivity contribution in [2.75, 3.05) is 13.2 Å². The minimum atomic E-state index is -0.815. The molecular weight excluding hydrogens is 925 g/mol. The van der Waals surface area contributed by atoms with E-state index < -0.39 is 6.10 Å². The Morgan fingerprint density at radius 3 is 0.867 bits per heavy atom. The predicted molar refractivity (Wildman–Crippen MR) is 325 cm³/mol. The quantitative estimate of drug-likeness (QED) is 0.0261. The van der Waals surface area contributed by atoms with Crippen molar-refractivity contribution in [3.05, 3.63) is 122 Å². The van der Waals surface area contributed by atoms with Gasteiger partial charge in [-0.25, -0.2) is 0 Å². The van der Waals surface area contributed by atoms with E-state index in [0.717, 1.165) is 116 Å². The van der Waals surface area contributed by atoms with Crippen LogP contribution in [0.15, 0.2) is 122 Å². The van der Waals surface area contributed by atoms with Crippen LogP contribution in [0, 0.1) is 0 Å². The van der Waals surface area contributed by atoms with Crippen molar-refractivity contribution < 1.29 is 28.6 Å². The molecule has 0 amide bonds. The fourth-order valence-corrected chi connectivity index (χ4v) is 8.27. The van der Waals surface area contributed by atoms with Gasteiger partial charge in [0.05, 0.1) is 0 Å². The summed E-state index contributed by atoms with van der Waals surface area (Å²) in [5.41, 5.74) is 0. The highest BCUT2D eigenvalue weighted by atomic mass is 16.6.